The molecule has 3 aromatic rings. The molecule has 0 heterocycles. The molecule has 0 unspecified atom stereocenters. The molecule has 6 heteroatoms. The normalized spacial score (nSPS) is 14.6. The van der Waals surface area contributed by atoms with E-state index < -0.39 is 6.04 Å². The lowest BCUT2D eigenvalue weighted by atomic mass is 9.94. The van der Waals surface area contributed by atoms with Gasteiger partial charge in [-0.3, -0.25) is 9.59 Å². The number of rotatable bonds is 11. The molecule has 2 amide bonds. The average Bonchev–Trinajstić information content (AvgIpc) is 2.94. The molecule has 0 aromatic heterocycles. The van der Waals surface area contributed by atoms with Crippen molar-refractivity contribution in [1.29, 1.82) is 0 Å². The predicted octanol–water partition coefficient (Wildman–Crippen LogP) is 6.97. The molecule has 200 valence electrons. The molecule has 0 bridgehead atoms. The van der Waals surface area contributed by atoms with Gasteiger partial charge in [-0.25, -0.2) is 0 Å². The lowest BCUT2D eigenvalue weighted by Gasteiger charge is -2.33. The van der Waals surface area contributed by atoms with Gasteiger partial charge in [-0.1, -0.05) is 109 Å². The van der Waals surface area contributed by atoms with Crippen molar-refractivity contribution in [1.82, 2.24) is 10.2 Å². The summed E-state index contributed by atoms with van der Waals surface area (Å²) in [6, 6.07) is 25.5. The molecule has 1 atom stereocenters. The van der Waals surface area contributed by atoms with E-state index in [1.165, 1.54) is 18.2 Å². The van der Waals surface area contributed by atoms with Crippen LogP contribution in [0.3, 0.4) is 0 Å². The van der Waals surface area contributed by atoms with E-state index in [0.717, 1.165) is 47.9 Å². The zero-order chi connectivity index (χ0) is 26.7. The molecular weight excluding hydrogens is 512 g/mol. The Balaban J connectivity index is 1.56. The molecule has 1 N–H and O–H groups in total. The number of nitrogens with one attached hydrogen (secondary N) is 1. The number of aryl methyl sites for hydroxylation is 1. The van der Waals surface area contributed by atoms with Gasteiger partial charge < -0.3 is 10.2 Å². The van der Waals surface area contributed by atoms with Gasteiger partial charge in [0.05, 0.1) is 5.75 Å². The minimum Gasteiger partial charge on any atom is -0.352 e. The highest BCUT2D eigenvalue weighted by molar-refractivity contribution is 7.99. The largest absolute Gasteiger partial charge is 0.352 e. The third-order valence-corrected chi connectivity index (χ3v) is 8.47. The van der Waals surface area contributed by atoms with E-state index in [2.05, 4.69) is 17.4 Å². The van der Waals surface area contributed by atoms with Crippen LogP contribution in [0.1, 0.15) is 54.4 Å². The third kappa shape index (κ3) is 8.37. The topological polar surface area (TPSA) is 49.4 Å². The molecule has 0 saturated heterocycles. The van der Waals surface area contributed by atoms with Crippen LogP contribution in [-0.2, 0) is 28.3 Å². The number of carbonyl (C=O) groups is 2. The molecule has 3 aromatic carbocycles. The molecule has 1 fully saturated rings. The first-order valence-electron chi connectivity index (χ1n) is 13.5. The Kier molecular flexibility index (Phi) is 10.7. The summed E-state index contributed by atoms with van der Waals surface area (Å²) < 4.78 is 0. The van der Waals surface area contributed by atoms with Crippen molar-refractivity contribution in [2.24, 2.45) is 0 Å². The maximum absolute atomic E-state index is 13.8. The number of halogens is 1. The van der Waals surface area contributed by atoms with E-state index in [1.807, 2.05) is 73.7 Å². The van der Waals surface area contributed by atoms with Crippen molar-refractivity contribution >= 4 is 35.2 Å². The first-order chi connectivity index (χ1) is 18.5. The lowest BCUT2D eigenvalue weighted by molar-refractivity contribution is -0.139. The summed E-state index contributed by atoms with van der Waals surface area (Å²) in [5.41, 5.74) is 4.23. The SMILES string of the molecule is Cc1ccc(CN(C(=O)CSCc2ccccc2Cl)[C@@H](Cc2ccccc2)C(=O)NC2CCCCC2)cc1. The first kappa shape index (κ1) is 28.3. The van der Waals surface area contributed by atoms with Crippen molar-refractivity contribution in [2.75, 3.05) is 5.75 Å². The second kappa shape index (κ2) is 14.4. The standard InChI is InChI=1S/C32H37ClN2O2S/c1-24-16-18-26(19-17-24)21-35(31(36)23-38-22-27-12-8-9-15-29(27)33)30(20-25-10-4-2-5-11-25)32(37)34-28-13-6-3-7-14-28/h2,4-5,8-12,15-19,28,30H,3,6-7,13-14,20-23H2,1H3,(H,34,37)/t30-/m0/s1. The average molecular weight is 549 g/mol. The highest BCUT2D eigenvalue weighted by Gasteiger charge is 2.31. The number of hydrogen-bond acceptors (Lipinski definition) is 3. The fraction of sp³-hybridized carbons (Fsp3) is 0.375. The molecule has 0 aliphatic heterocycles. The minimum absolute atomic E-state index is 0.0395. The first-order valence-corrected chi connectivity index (χ1v) is 15.0. The fourth-order valence-electron chi connectivity index (χ4n) is 4.94. The highest BCUT2D eigenvalue weighted by atomic mass is 35.5. The molecular formula is C32H37ClN2O2S. The predicted molar refractivity (Wildman–Crippen MR) is 158 cm³/mol. The van der Waals surface area contributed by atoms with Crippen molar-refractivity contribution < 1.29 is 9.59 Å². The quantitative estimate of drug-likeness (QED) is 0.281. The van der Waals surface area contributed by atoms with E-state index in [1.54, 1.807) is 4.90 Å². The van der Waals surface area contributed by atoms with Gasteiger partial charge in [-0.05, 0) is 42.5 Å². The van der Waals surface area contributed by atoms with Gasteiger partial charge in [-0.15, -0.1) is 11.8 Å². The van der Waals surface area contributed by atoms with E-state index in [9.17, 15) is 9.59 Å². The molecule has 1 aliphatic carbocycles. The van der Waals surface area contributed by atoms with E-state index in [0.29, 0.717) is 23.7 Å². The molecule has 0 spiro atoms. The van der Waals surface area contributed by atoms with Crippen molar-refractivity contribution in [3.05, 3.63) is 106 Å². The second-order valence-corrected chi connectivity index (χ2v) is 11.5. The molecule has 4 rings (SSSR count). The number of nitrogens with zero attached hydrogens (tertiary/aromatic N) is 1. The van der Waals surface area contributed by atoms with Gasteiger partial charge in [0.2, 0.25) is 11.8 Å². The van der Waals surface area contributed by atoms with Crippen LogP contribution in [0, 0.1) is 6.92 Å². The maximum Gasteiger partial charge on any atom is 0.243 e. The Hall–Kier alpha value is -2.76. The number of carbonyl (C=O) groups excluding carboxylic acids is 2. The van der Waals surface area contributed by atoms with Crippen LogP contribution < -0.4 is 5.32 Å². The summed E-state index contributed by atoms with van der Waals surface area (Å²) in [5, 5.41) is 4.01. The molecule has 38 heavy (non-hydrogen) atoms. The van der Waals surface area contributed by atoms with E-state index >= 15 is 0 Å². The van der Waals surface area contributed by atoms with Crippen LogP contribution in [0.25, 0.3) is 0 Å². The van der Waals surface area contributed by atoms with Crippen LogP contribution in [0.2, 0.25) is 5.02 Å². The zero-order valence-electron chi connectivity index (χ0n) is 22.1. The summed E-state index contributed by atoms with van der Waals surface area (Å²) in [4.78, 5) is 29.4. The smallest absolute Gasteiger partial charge is 0.243 e. The molecule has 4 nitrogen and oxygen atoms in total. The summed E-state index contributed by atoms with van der Waals surface area (Å²) >= 11 is 7.87. The van der Waals surface area contributed by atoms with Gasteiger partial charge in [0.1, 0.15) is 6.04 Å². The van der Waals surface area contributed by atoms with Crippen LogP contribution in [0.15, 0.2) is 78.9 Å². The summed E-state index contributed by atoms with van der Waals surface area (Å²) in [5.74, 6) is 0.820. The summed E-state index contributed by atoms with van der Waals surface area (Å²) in [6.45, 7) is 2.44. The van der Waals surface area contributed by atoms with Crippen molar-refractivity contribution in [3.8, 4) is 0 Å². The fourth-order valence-corrected chi connectivity index (χ4v) is 6.13. The number of hydrogen-bond donors (Lipinski definition) is 1. The Bertz CT molecular complexity index is 1180. The van der Waals surface area contributed by atoms with Crippen LogP contribution in [0.4, 0.5) is 0 Å². The van der Waals surface area contributed by atoms with Crippen LogP contribution in [-0.4, -0.2) is 34.6 Å². The summed E-state index contributed by atoms with van der Waals surface area (Å²) in [6.07, 6.45) is 5.98. The van der Waals surface area contributed by atoms with E-state index in [4.69, 9.17) is 11.6 Å². The number of benzene rings is 3. The molecule has 1 saturated carbocycles. The van der Waals surface area contributed by atoms with Gasteiger partial charge in [-0.2, -0.15) is 0 Å². The highest BCUT2D eigenvalue weighted by Crippen LogP contribution is 2.23. The second-order valence-electron chi connectivity index (χ2n) is 10.1. The van der Waals surface area contributed by atoms with Crippen molar-refractivity contribution in [3.63, 3.8) is 0 Å². The Labute approximate surface area is 236 Å². The maximum atomic E-state index is 13.8. The minimum atomic E-state index is -0.589. The zero-order valence-corrected chi connectivity index (χ0v) is 23.6. The Morgan fingerprint density at radius 2 is 1.61 bits per heavy atom. The van der Waals surface area contributed by atoms with Gasteiger partial charge in [0, 0.05) is 29.8 Å². The van der Waals surface area contributed by atoms with Crippen LogP contribution >= 0.6 is 23.4 Å². The Morgan fingerprint density at radius 3 is 2.32 bits per heavy atom. The van der Waals surface area contributed by atoms with E-state index in [-0.39, 0.29) is 23.6 Å². The Morgan fingerprint density at radius 1 is 0.921 bits per heavy atom. The summed E-state index contributed by atoms with van der Waals surface area (Å²) in [7, 11) is 0. The van der Waals surface area contributed by atoms with Crippen LogP contribution in [0.5, 0.6) is 0 Å². The molecule has 0 radical (unpaired) electrons. The van der Waals surface area contributed by atoms with Gasteiger partial charge in [0.25, 0.3) is 0 Å². The van der Waals surface area contributed by atoms with Gasteiger partial charge in [0.15, 0.2) is 0 Å². The molecule has 1 aliphatic rings. The monoisotopic (exact) mass is 548 g/mol. The number of amides is 2. The number of thioether (sulfide) groups is 1. The van der Waals surface area contributed by atoms with Crippen molar-refractivity contribution in [2.45, 2.75) is 69.8 Å². The van der Waals surface area contributed by atoms with Gasteiger partial charge >= 0.3 is 0 Å². The lowest BCUT2D eigenvalue weighted by Crippen LogP contribution is -2.53. The third-order valence-electron chi connectivity index (χ3n) is 7.14.